The lowest BCUT2D eigenvalue weighted by Gasteiger charge is -2.29. The molecule has 1 atom stereocenters. The highest BCUT2D eigenvalue weighted by atomic mass is 19.1. The second-order valence-corrected chi connectivity index (χ2v) is 9.10. The number of halogens is 2. The summed E-state index contributed by atoms with van der Waals surface area (Å²) in [7, 11) is 3.25. The fourth-order valence-corrected chi connectivity index (χ4v) is 4.11. The van der Waals surface area contributed by atoms with Crippen LogP contribution in [0, 0.1) is 11.6 Å². The van der Waals surface area contributed by atoms with Gasteiger partial charge in [0, 0.05) is 32.4 Å². The van der Waals surface area contributed by atoms with Crippen molar-refractivity contribution in [2.45, 2.75) is 76.2 Å². The Morgan fingerprint density at radius 1 is 1.21 bits per heavy atom. The average Bonchev–Trinajstić information content (AvgIpc) is 3.57. The first-order valence-corrected chi connectivity index (χ1v) is 11.8. The van der Waals surface area contributed by atoms with Crippen molar-refractivity contribution < 1.29 is 27.8 Å². The van der Waals surface area contributed by atoms with Crippen LogP contribution in [0.3, 0.4) is 0 Å². The molecule has 10 heteroatoms. The van der Waals surface area contributed by atoms with Crippen LogP contribution in [0.4, 0.5) is 8.78 Å². The molecular formula is C24H32F2N4O4. The molecule has 0 unspecified atom stereocenters. The van der Waals surface area contributed by atoms with Gasteiger partial charge in [-0.2, -0.15) is 4.98 Å². The summed E-state index contributed by atoms with van der Waals surface area (Å²) in [4.78, 5) is 19.8. The molecule has 0 spiro atoms. The highest BCUT2D eigenvalue weighted by molar-refractivity contribution is 5.89. The highest BCUT2D eigenvalue weighted by Crippen LogP contribution is 2.35. The van der Waals surface area contributed by atoms with Crippen molar-refractivity contribution in [3.8, 4) is 11.8 Å². The van der Waals surface area contributed by atoms with Gasteiger partial charge in [0.05, 0.1) is 25.2 Å². The van der Waals surface area contributed by atoms with E-state index in [0.29, 0.717) is 6.61 Å². The molecule has 1 heterocycles. The minimum atomic E-state index is -0.627. The number of nitrogens with zero attached hydrogens (tertiary/aromatic N) is 3. The standard InChI is InChI=1S/C24H32F2N4O4/c1-14(28-20(31)10-11-27-2)13-32-15-4-6-17(7-5-15)34-24-29-22-18(25)12-19(33-16-8-9-16)21(26)23(22)30(24)3/h11-12,14-17H,4-10,13H2,1-3H3,(H,28,31)/t14-,15?,17?/m0/s1. The smallest absolute Gasteiger partial charge is 0.297 e. The minimum absolute atomic E-state index is 0.0394. The van der Waals surface area contributed by atoms with Crippen LogP contribution in [0.5, 0.6) is 11.8 Å². The van der Waals surface area contributed by atoms with Crippen molar-refractivity contribution >= 4 is 23.2 Å². The number of nitrogens with one attached hydrogen (secondary N) is 1. The first kappa shape index (κ1) is 24.4. The maximum Gasteiger partial charge on any atom is 0.297 e. The normalized spacial score (nSPS) is 21.7. The van der Waals surface area contributed by atoms with Crippen molar-refractivity contribution in [3.05, 3.63) is 17.7 Å². The van der Waals surface area contributed by atoms with Gasteiger partial charge >= 0.3 is 0 Å². The predicted molar refractivity (Wildman–Crippen MR) is 124 cm³/mol. The molecule has 0 aliphatic heterocycles. The van der Waals surface area contributed by atoms with Crippen molar-refractivity contribution in [1.82, 2.24) is 14.9 Å². The largest absolute Gasteiger partial charge is 0.487 e. The van der Waals surface area contributed by atoms with Gasteiger partial charge in [0.25, 0.3) is 6.01 Å². The highest BCUT2D eigenvalue weighted by Gasteiger charge is 2.29. The summed E-state index contributed by atoms with van der Waals surface area (Å²) < 4.78 is 48.5. The van der Waals surface area contributed by atoms with E-state index >= 15 is 0 Å². The summed E-state index contributed by atoms with van der Waals surface area (Å²) in [5, 5.41) is 2.88. The number of fused-ring (bicyclic) bond motifs is 1. The molecule has 2 aromatic rings. The van der Waals surface area contributed by atoms with Crippen LogP contribution >= 0.6 is 0 Å². The number of benzene rings is 1. The van der Waals surface area contributed by atoms with Gasteiger partial charge in [0.2, 0.25) is 5.91 Å². The number of amides is 1. The van der Waals surface area contributed by atoms with E-state index in [1.165, 1.54) is 4.57 Å². The van der Waals surface area contributed by atoms with E-state index in [-0.39, 0.29) is 59.5 Å². The Labute approximate surface area is 197 Å². The third-order valence-electron chi connectivity index (χ3n) is 6.12. The maximum absolute atomic E-state index is 15.0. The third-order valence-corrected chi connectivity index (χ3v) is 6.12. The zero-order valence-corrected chi connectivity index (χ0v) is 19.9. The number of ether oxygens (including phenoxy) is 3. The molecule has 1 aromatic carbocycles. The van der Waals surface area contributed by atoms with Gasteiger partial charge < -0.3 is 24.5 Å². The van der Waals surface area contributed by atoms with Crippen molar-refractivity contribution in [2.24, 2.45) is 12.0 Å². The molecule has 2 aliphatic carbocycles. The number of carbonyl (C=O) groups is 1. The first-order valence-electron chi connectivity index (χ1n) is 11.8. The van der Waals surface area contributed by atoms with E-state index in [1.807, 2.05) is 6.92 Å². The maximum atomic E-state index is 15.0. The molecule has 0 bridgehead atoms. The SMILES string of the molecule is CN=CCC(=O)N[C@@H](C)COC1CCC(Oc2nc3c(F)cc(OC4CC4)c(F)c3n2C)CC1. The Bertz CT molecular complexity index is 1050. The van der Waals surface area contributed by atoms with E-state index in [0.717, 1.165) is 44.6 Å². The Kier molecular flexibility index (Phi) is 7.65. The molecular weight excluding hydrogens is 446 g/mol. The number of aliphatic imine (C=N–C) groups is 1. The van der Waals surface area contributed by atoms with E-state index in [1.54, 1.807) is 20.3 Å². The zero-order valence-electron chi connectivity index (χ0n) is 19.9. The van der Waals surface area contributed by atoms with Crippen LogP contribution in [-0.2, 0) is 16.6 Å². The number of rotatable bonds is 10. The van der Waals surface area contributed by atoms with Crippen molar-refractivity contribution in [2.75, 3.05) is 13.7 Å². The first-order chi connectivity index (χ1) is 16.4. The lowest BCUT2D eigenvalue weighted by atomic mass is 9.95. The fraction of sp³-hybridized carbons (Fsp3) is 0.625. The number of carbonyl (C=O) groups excluding carboxylic acids is 1. The minimum Gasteiger partial charge on any atom is -0.487 e. The Morgan fingerprint density at radius 2 is 1.85 bits per heavy atom. The zero-order chi connectivity index (χ0) is 24.2. The molecule has 186 valence electrons. The molecule has 2 aliphatic rings. The molecule has 0 radical (unpaired) electrons. The molecule has 2 fully saturated rings. The molecule has 1 aromatic heterocycles. The van der Waals surface area contributed by atoms with Crippen LogP contribution in [0.15, 0.2) is 11.1 Å². The van der Waals surface area contributed by atoms with E-state index in [9.17, 15) is 13.6 Å². The summed E-state index contributed by atoms with van der Waals surface area (Å²) in [6.07, 6.45) is 6.52. The van der Waals surface area contributed by atoms with E-state index in [4.69, 9.17) is 14.2 Å². The summed E-state index contributed by atoms with van der Waals surface area (Å²) in [5.74, 6) is -1.41. The molecule has 2 saturated carbocycles. The Hall–Kier alpha value is -2.75. The van der Waals surface area contributed by atoms with Crippen LogP contribution in [-0.4, -0.2) is 59.7 Å². The van der Waals surface area contributed by atoms with Crippen molar-refractivity contribution in [1.29, 1.82) is 0 Å². The fourth-order valence-electron chi connectivity index (χ4n) is 4.11. The van der Waals surface area contributed by atoms with Crippen molar-refractivity contribution in [3.63, 3.8) is 0 Å². The quantitative estimate of drug-likeness (QED) is 0.527. The number of aryl methyl sites for hydroxylation is 1. The van der Waals surface area contributed by atoms with Gasteiger partial charge in [-0.05, 0) is 45.4 Å². The molecule has 8 nitrogen and oxygen atoms in total. The Balaban J connectivity index is 1.29. The van der Waals surface area contributed by atoms with Crippen LogP contribution in [0.2, 0.25) is 0 Å². The predicted octanol–water partition coefficient (Wildman–Crippen LogP) is 3.69. The van der Waals surface area contributed by atoms with Crippen LogP contribution in [0.25, 0.3) is 11.0 Å². The van der Waals surface area contributed by atoms with Gasteiger partial charge in [-0.15, -0.1) is 0 Å². The lowest BCUT2D eigenvalue weighted by molar-refractivity contribution is -0.121. The number of aromatic nitrogens is 2. The molecule has 1 amide bonds. The summed E-state index contributed by atoms with van der Waals surface area (Å²) in [5.41, 5.74) is -0.0136. The molecule has 34 heavy (non-hydrogen) atoms. The second-order valence-electron chi connectivity index (χ2n) is 9.10. The number of hydrogen-bond acceptors (Lipinski definition) is 6. The third kappa shape index (κ3) is 5.84. The van der Waals surface area contributed by atoms with Crippen LogP contribution < -0.4 is 14.8 Å². The second kappa shape index (κ2) is 10.7. The summed E-state index contributed by atoms with van der Waals surface area (Å²) in [6, 6.07) is 1.16. The molecule has 0 saturated heterocycles. The van der Waals surface area contributed by atoms with Gasteiger partial charge in [-0.1, -0.05) is 0 Å². The van der Waals surface area contributed by atoms with Gasteiger partial charge in [-0.3, -0.25) is 9.36 Å². The number of imidazole rings is 1. The average molecular weight is 479 g/mol. The van der Waals surface area contributed by atoms with E-state index in [2.05, 4.69) is 15.3 Å². The monoisotopic (exact) mass is 478 g/mol. The number of hydrogen-bond donors (Lipinski definition) is 1. The van der Waals surface area contributed by atoms with Gasteiger partial charge in [0.1, 0.15) is 17.1 Å². The summed E-state index contributed by atoms with van der Waals surface area (Å²) in [6.45, 7) is 2.33. The lowest BCUT2D eigenvalue weighted by Crippen LogP contribution is -2.38. The van der Waals surface area contributed by atoms with Crippen LogP contribution in [0.1, 0.15) is 51.9 Å². The summed E-state index contributed by atoms with van der Waals surface area (Å²) >= 11 is 0. The Morgan fingerprint density at radius 3 is 2.53 bits per heavy atom. The van der Waals surface area contributed by atoms with Gasteiger partial charge in [0.15, 0.2) is 17.4 Å². The van der Waals surface area contributed by atoms with Gasteiger partial charge in [-0.25, -0.2) is 8.78 Å². The van der Waals surface area contributed by atoms with E-state index < -0.39 is 11.6 Å². The topological polar surface area (TPSA) is 87.0 Å². The molecule has 1 N–H and O–H groups in total. The molecule has 4 rings (SSSR count).